The quantitative estimate of drug-likeness (QED) is 0.779. The summed E-state index contributed by atoms with van der Waals surface area (Å²) in [5.41, 5.74) is 6.72. The molecular formula is C12H18N2S. The number of thioether (sulfide) groups is 1. The van der Waals surface area contributed by atoms with E-state index in [-0.39, 0.29) is 0 Å². The Morgan fingerprint density at radius 1 is 1.20 bits per heavy atom. The Kier molecular flexibility index (Phi) is 3.89. The van der Waals surface area contributed by atoms with E-state index < -0.39 is 0 Å². The van der Waals surface area contributed by atoms with Crippen molar-refractivity contribution in [2.75, 3.05) is 5.73 Å². The molecule has 1 aliphatic rings. The lowest BCUT2D eigenvalue weighted by molar-refractivity contribution is 0.702. The third-order valence-corrected chi connectivity index (χ3v) is 4.25. The third kappa shape index (κ3) is 3.13. The summed E-state index contributed by atoms with van der Waals surface area (Å²) < 4.78 is 0. The van der Waals surface area contributed by atoms with Crippen LogP contribution in [0.1, 0.15) is 38.5 Å². The zero-order valence-corrected chi connectivity index (χ0v) is 9.80. The molecule has 2 nitrogen and oxygen atoms in total. The Balaban J connectivity index is 1.98. The number of rotatable bonds is 2. The van der Waals surface area contributed by atoms with Gasteiger partial charge in [-0.25, -0.2) is 4.98 Å². The van der Waals surface area contributed by atoms with E-state index in [1.165, 1.54) is 38.5 Å². The van der Waals surface area contributed by atoms with Gasteiger partial charge < -0.3 is 5.73 Å². The molecule has 0 aromatic carbocycles. The van der Waals surface area contributed by atoms with E-state index in [0.717, 1.165) is 16.0 Å². The van der Waals surface area contributed by atoms with Gasteiger partial charge in [-0.15, -0.1) is 11.8 Å². The number of hydrogen-bond acceptors (Lipinski definition) is 3. The van der Waals surface area contributed by atoms with Crippen LogP contribution < -0.4 is 5.73 Å². The summed E-state index contributed by atoms with van der Waals surface area (Å²) in [5.74, 6) is 0. The summed E-state index contributed by atoms with van der Waals surface area (Å²) in [6.45, 7) is 0. The van der Waals surface area contributed by atoms with Gasteiger partial charge in [0.25, 0.3) is 0 Å². The predicted molar refractivity (Wildman–Crippen MR) is 66.0 cm³/mol. The van der Waals surface area contributed by atoms with Crippen molar-refractivity contribution in [2.45, 2.75) is 48.8 Å². The molecule has 2 N–H and O–H groups in total. The van der Waals surface area contributed by atoms with Gasteiger partial charge in [-0.2, -0.15) is 0 Å². The molecule has 0 bridgehead atoms. The van der Waals surface area contributed by atoms with Crippen molar-refractivity contribution in [3.8, 4) is 0 Å². The molecule has 15 heavy (non-hydrogen) atoms. The lowest BCUT2D eigenvalue weighted by atomic mass is 10.2. The topological polar surface area (TPSA) is 38.9 Å². The highest BCUT2D eigenvalue weighted by molar-refractivity contribution is 8.00. The van der Waals surface area contributed by atoms with E-state index in [1.807, 2.05) is 30.1 Å². The molecule has 0 amide bonds. The molecule has 1 aromatic heterocycles. The van der Waals surface area contributed by atoms with E-state index in [0.29, 0.717) is 0 Å². The van der Waals surface area contributed by atoms with Crippen molar-refractivity contribution in [2.24, 2.45) is 0 Å². The number of nitrogens with two attached hydrogens (primary N) is 1. The molecule has 0 radical (unpaired) electrons. The summed E-state index contributed by atoms with van der Waals surface area (Å²) >= 11 is 1.87. The maximum Gasteiger partial charge on any atom is 0.119 e. The van der Waals surface area contributed by atoms with E-state index in [9.17, 15) is 0 Å². The molecule has 0 saturated heterocycles. The van der Waals surface area contributed by atoms with Crippen LogP contribution in [0.25, 0.3) is 0 Å². The van der Waals surface area contributed by atoms with Gasteiger partial charge in [0, 0.05) is 11.4 Å². The van der Waals surface area contributed by atoms with Gasteiger partial charge >= 0.3 is 0 Å². The molecule has 0 aliphatic heterocycles. The summed E-state index contributed by atoms with van der Waals surface area (Å²) in [4.78, 5) is 4.34. The molecule has 0 unspecified atom stereocenters. The van der Waals surface area contributed by atoms with Gasteiger partial charge in [0.05, 0.1) is 5.69 Å². The molecule has 0 spiro atoms. The Bertz CT molecular complexity index is 306. The number of anilines is 1. The van der Waals surface area contributed by atoms with Crippen molar-refractivity contribution in [3.63, 3.8) is 0 Å². The molecule has 2 rings (SSSR count). The SMILES string of the molecule is Nc1cccnc1SC1CCCCCC1. The molecule has 82 valence electrons. The second-order valence-corrected chi connectivity index (χ2v) is 5.42. The van der Waals surface area contributed by atoms with Gasteiger partial charge in [-0.1, -0.05) is 25.7 Å². The number of hydrogen-bond donors (Lipinski definition) is 1. The first-order valence-electron chi connectivity index (χ1n) is 5.73. The van der Waals surface area contributed by atoms with Crippen molar-refractivity contribution in [3.05, 3.63) is 18.3 Å². The molecule has 1 fully saturated rings. The van der Waals surface area contributed by atoms with Gasteiger partial charge in [-0.3, -0.25) is 0 Å². The standard InChI is InChI=1S/C12H18N2S/c13-11-8-5-9-14-12(11)15-10-6-3-1-2-4-7-10/h5,8-10H,1-4,6-7,13H2. The molecule has 1 saturated carbocycles. The minimum Gasteiger partial charge on any atom is -0.397 e. The zero-order chi connectivity index (χ0) is 10.5. The van der Waals surface area contributed by atoms with E-state index in [1.54, 1.807) is 0 Å². The predicted octanol–water partition coefficient (Wildman–Crippen LogP) is 3.48. The fraction of sp³-hybridized carbons (Fsp3) is 0.583. The van der Waals surface area contributed by atoms with Crippen LogP contribution in [-0.2, 0) is 0 Å². The second kappa shape index (κ2) is 5.40. The Labute approximate surface area is 95.7 Å². The van der Waals surface area contributed by atoms with Crippen LogP contribution in [0.2, 0.25) is 0 Å². The smallest absolute Gasteiger partial charge is 0.119 e. The third-order valence-electron chi connectivity index (χ3n) is 2.88. The van der Waals surface area contributed by atoms with Gasteiger partial charge in [0.1, 0.15) is 5.03 Å². The maximum atomic E-state index is 5.89. The molecule has 0 atom stereocenters. The average Bonchev–Trinajstić information content (AvgIpc) is 2.50. The van der Waals surface area contributed by atoms with Crippen LogP contribution in [0.15, 0.2) is 23.4 Å². The molecule has 3 heteroatoms. The van der Waals surface area contributed by atoms with Crippen LogP contribution >= 0.6 is 11.8 Å². The molecule has 1 aromatic rings. The average molecular weight is 222 g/mol. The van der Waals surface area contributed by atoms with Crippen LogP contribution in [0.5, 0.6) is 0 Å². The first-order chi connectivity index (χ1) is 7.36. The van der Waals surface area contributed by atoms with Crippen molar-refractivity contribution in [1.82, 2.24) is 4.98 Å². The van der Waals surface area contributed by atoms with Crippen LogP contribution in [-0.4, -0.2) is 10.2 Å². The van der Waals surface area contributed by atoms with Crippen LogP contribution in [0, 0.1) is 0 Å². The molecule has 1 heterocycles. The number of pyridine rings is 1. The second-order valence-electron chi connectivity index (χ2n) is 4.13. The highest BCUT2D eigenvalue weighted by Gasteiger charge is 2.15. The number of aromatic nitrogens is 1. The highest BCUT2D eigenvalue weighted by Crippen LogP contribution is 2.33. The minimum absolute atomic E-state index is 0.727. The highest BCUT2D eigenvalue weighted by atomic mass is 32.2. The molecule has 1 aliphatic carbocycles. The van der Waals surface area contributed by atoms with E-state index in [4.69, 9.17) is 5.73 Å². The monoisotopic (exact) mass is 222 g/mol. The summed E-state index contributed by atoms with van der Waals surface area (Å²) in [7, 11) is 0. The van der Waals surface area contributed by atoms with Crippen LogP contribution in [0.4, 0.5) is 5.69 Å². The fourth-order valence-corrected chi connectivity index (χ4v) is 3.23. The number of nitrogens with zero attached hydrogens (tertiary/aromatic N) is 1. The first-order valence-corrected chi connectivity index (χ1v) is 6.61. The Morgan fingerprint density at radius 3 is 2.60 bits per heavy atom. The van der Waals surface area contributed by atoms with Gasteiger partial charge in [0.15, 0.2) is 0 Å². The first kappa shape index (κ1) is 10.8. The number of nitrogen functional groups attached to an aromatic ring is 1. The van der Waals surface area contributed by atoms with Crippen molar-refractivity contribution >= 4 is 17.4 Å². The van der Waals surface area contributed by atoms with Crippen LogP contribution in [0.3, 0.4) is 0 Å². The Hall–Kier alpha value is -0.700. The summed E-state index contributed by atoms with van der Waals surface area (Å²) in [6, 6.07) is 3.83. The van der Waals surface area contributed by atoms with Crippen molar-refractivity contribution < 1.29 is 0 Å². The van der Waals surface area contributed by atoms with E-state index >= 15 is 0 Å². The fourth-order valence-electron chi connectivity index (χ4n) is 2.02. The minimum atomic E-state index is 0.727. The van der Waals surface area contributed by atoms with Gasteiger partial charge in [-0.05, 0) is 25.0 Å². The zero-order valence-electron chi connectivity index (χ0n) is 8.98. The van der Waals surface area contributed by atoms with E-state index in [2.05, 4.69) is 4.98 Å². The lowest BCUT2D eigenvalue weighted by Gasteiger charge is -2.13. The van der Waals surface area contributed by atoms with Gasteiger partial charge in [0.2, 0.25) is 0 Å². The summed E-state index contributed by atoms with van der Waals surface area (Å²) in [6.07, 6.45) is 10.00. The maximum absolute atomic E-state index is 5.89. The normalized spacial score (nSPS) is 18.7. The Morgan fingerprint density at radius 2 is 1.93 bits per heavy atom. The molecular weight excluding hydrogens is 204 g/mol. The largest absolute Gasteiger partial charge is 0.397 e. The van der Waals surface area contributed by atoms with Crippen molar-refractivity contribution in [1.29, 1.82) is 0 Å². The lowest BCUT2D eigenvalue weighted by Crippen LogP contribution is -2.02. The summed E-state index contributed by atoms with van der Waals surface area (Å²) in [5, 5.41) is 1.74.